The van der Waals surface area contributed by atoms with Crippen LogP contribution >= 0.6 is 0 Å². The Balaban J connectivity index is 1.79. The molecule has 1 saturated carbocycles. The number of carbonyl (C=O) groups excluding carboxylic acids is 1. The number of Topliss-reactive ketones (excluding diaryl/α,β-unsaturated/α-hetero) is 1. The zero-order valence-corrected chi connectivity index (χ0v) is 10.9. The Bertz CT molecular complexity index is 385. The fraction of sp³-hybridized carbons (Fsp3) is 0.533. The Morgan fingerprint density at radius 3 is 2.61 bits per heavy atom. The normalized spacial score (nSPS) is 17.2. The third kappa shape index (κ3) is 3.65. The number of rotatable bonds is 7. The Labute approximate surface area is 109 Å². The summed E-state index contributed by atoms with van der Waals surface area (Å²) in [5, 5.41) is 3.59. The van der Waals surface area contributed by atoms with E-state index >= 15 is 0 Å². The molecule has 18 heavy (non-hydrogen) atoms. The molecular formula is C15H21NO2. The van der Waals surface area contributed by atoms with Crippen molar-refractivity contribution in [3.63, 3.8) is 0 Å². The highest BCUT2D eigenvalue weighted by molar-refractivity contribution is 5.76. The highest BCUT2D eigenvalue weighted by Gasteiger charge is 2.36. The van der Waals surface area contributed by atoms with E-state index in [1.165, 1.54) is 12.0 Å². The van der Waals surface area contributed by atoms with Crippen molar-refractivity contribution in [1.82, 2.24) is 5.32 Å². The summed E-state index contributed by atoms with van der Waals surface area (Å²) in [6, 6.07) is 10.4. The van der Waals surface area contributed by atoms with Crippen molar-refractivity contribution in [2.24, 2.45) is 0 Å². The number of hydrogen-bond donors (Lipinski definition) is 1. The summed E-state index contributed by atoms with van der Waals surface area (Å²) < 4.78 is 5.48. The minimum absolute atomic E-state index is 0.0886. The van der Waals surface area contributed by atoms with E-state index in [-0.39, 0.29) is 17.9 Å². The molecule has 0 saturated heterocycles. The number of benzene rings is 1. The van der Waals surface area contributed by atoms with Gasteiger partial charge in [-0.2, -0.15) is 0 Å². The van der Waals surface area contributed by atoms with Gasteiger partial charge in [0.1, 0.15) is 6.61 Å². The standard InChI is InChI=1S/C15H21NO2/c1-13(17)11-18-12-15(8-5-9-15)16-10-14-6-3-2-4-7-14/h2-4,6-7,16H,5,8-12H2,1H3. The molecule has 2 rings (SSSR count). The fourth-order valence-electron chi connectivity index (χ4n) is 2.25. The minimum atomic E-state index is 0.0886. The van der Waals surface area contributed by atoms with Crippen LogP contribution in [0.5, 0.6) is 0 Å². The second-order valence-electron chi connectivity index (χ2n) is 5.17. The molecule has 1 aromatic rings. The average Bonchev–Trinajstić information content (AvgIpc) is 2.32. The first kappa shape index (κ1) is 13.2. The van der Waals surface area contributed by atoms with Gasteiger partial charge in [0.2, 0.25) is 0 Å². The van der Waals surface area contributed by atoms with E-state index in [1.54, 1.807) is 6.92 Å². The van der Waals surface area contributed by atoms with Crippen LogP contribution in [0.3, 0.4) is 0 Å². The molecule has 1 aliphatic carbocycles. The topological polar surface area (TPSA) is 38.3 Å². The van der Waals surface area contributed by atoms with Gasteiger partial charge in [-0.05, 0) is 31.7 Å². The zero-order chi connectivity index (χ0) is 12.8. The van der Waals surface area contributed by atoms with Crippen molar-refractivity contribution in [3.05, 3.63) is 35.9 Å². The van der Waals surface area contributed by atoms with Crippen LogP contribution in [0.25, 0.3) is 0 Å². The van der Waals surface area contributed by atoms with Crippen LogP contribution in [0.1, 0.15) is 31.7 Å². The van der Waals surface area contributed by atoms with Gasteiger partial charge in [0.05, 0.1) is 6.61 Å². The van der Waals surface area contributed by atoms with E-state index in [0.717, 1.165) is 19.4 Å². The van der Waals surface area contributed by atoms with Gasteiger partial charge in [-0.25, -0.2) is 0 Å². The number of carbonyl (C=O) groups is 1. The van der Waals surface area contributed by atoms with Crippen LogP contribution in [0.2, 0.25) is 0 Å². The second-order valence-corrected chi connectivity index (χ2v) is 5.17. The molecule has 98 valence electrons. The molecule has 0 bridgehead atoms. The molecule has 1 N–H and O–H groups in total. The first-order chi connectivity index (χ1) is 8.70. The number of ketones is 1. The first-order valence-corrected chi connectivity index (χ1v) is 6.56. The molecule has 3 nitrogen and oxygen atoms in total. The van der Waals surface area contributed by atoms with E-state index in [4.69, 9.17) is 4.74 Å². The smallest absolute Gasteiger partial charge is 0.155 e. The van der Waals surface area contributed by atoms with Crippen molar-refractivity contribution in [3.8, 4) is 0 Å². The maximum absolute atomic E-state index is 10.9. The third-order valence-electron chi connectivity index (χ3n) is 3.50. The minimum Gasteiger partial charge on any atom is -0.372 e. The fourth-order valence-corrected chi connectivity index (χ4v) is 2.25. The highest BCUT2D eigenvalue weighted by Crippen LogP contribution is 2.32. The van der Waals surface area contributed by atoms with Crippen LogP contribution in [-0.2, 0) is 16.1 Å². The Kier molecular flexibility index (Phi) is 4.50. The quantitative estimate of drug-likeness (QED) is 0.803. The summed E-state index contributed by atoms with van der Waals surface area (Å²) in [5.74, 6) is 0.0903. The van der Waals surface area contributed by atoms with Crippen LogP contribution in [0.15, 0.2) is 30.3 Å². The molecule has 0 aliphatic heterocycles. The lowest BCUT2D eigenvalue weighted by atomic mass is 9.77. The molecule has 0 heterocycles. The molecule has 0 atom stereocenters. The van der Waals surface area contributed by atoms with Crippen LogP contribution in [0.4, 0.5) is 0 Å². The zero-order valence-electron chi connectivity index (χ0n) is 10.9. The lowest BCUT2D eigenvalue weighted by Crippen LogP contribution is -2.54. The second kappa shape index (κ2) is 6.12. The molecule has 0 radical (unpaired) electrons. The maximum atomic E-state index is 10.9. The van der Waals surface area contributed by atoms with E-state index in [0.29, 0.717) is 6.61 Å². The predicted octanol–water partition coefficient (Wildman–Crippen LogP) is 2.30. The van der Waals surface area contributed by atoms with Crippen molar-refractivity contribution < 1.29 is 9.53 Å². The van der Waals surface area contributed by atoms with Gasteiger partial charge in [0, 0.05) is 12.1 Å². The summed E-state index contributed by atoms with van der Waals surface area (Å²) in [4.78, 5) is 10.9. The Morgan fingerprint density at radius 1 is 1.33 bits per heavy atom. The molecule has 1 aliphatic rings. The maximum Gasteiger partial charge on any atom is 0.155 e. The number of hydrogen-bond acceptors (Lipinski definition) is 3. The molecule has 0 unspecified atom stereocenters. The van der Waals surface area contributed by atoms with E-state index in [9.17, 15) is 4.79 Å². The van der Waals surface area contributed by atoms with Gasteiger partial charge in [-0.3, -0.25) is 4.79 Å². The van der Waals surface area contributed by atoms with Crippen molar-refractivity contribution in [2.45, 2.75) is 38.3 Å². The summed E-state index contributed by atoms with van der Waals surface area (Å²) >= 11 is 0. The van der Waals surface area contributed by atoms with E-state index in [1.807, 2.05) is 6.07 Å². The summed E-state index contributed by atoms with van der Waals surface area (Å²) in [6.45, 7) is 3.29. The van der Waals surface area contributed by atoms with Gasteiger partial charge >= 0.3 is 0 Å². The van der Waals surface area contributed by atoms with Crippen LogP contribution < -0.4 is 5.32 Å². The monoisotopic (exact) mass is 247 g/mol. The van der Waals surface area contributed by atoms with Crippen molar-refractivity contribution >= 4 is 5.78 Å². The third-order valence-corrected chi connectivity index (χ3v) is 3.50. The van der Waals surface area contributed by atoms with Crippen molar-refractivity contribution in [2.75, 3.05) is 13.2 Å². The average molecular weight is 247 g/mol. The lowest BCUT2D eigenvalue weighted by Gasteiger charge is -2.42. The Morgan fingerprint density at radius 2 is 2.06 bits per heavy atom. The SMILES string of the molecule is CC(=O)COCC1(NCc2ccccc2)CCC1. The van der Waals surface area contributed by atoms with Gasteiger partial charge in [0.25, 0.3) is 0 Å². The van der Waals surface area contributed by atoms with E-state index in [2.05, 4.69) is 29.6 Å². The lowest BCUT2D eigenvalue weighted by molar-refractivity contribution is -0.122. The van der Waals surface area contributed by atoms with Crippen molar-refractivity contribution in [1.29, 1.82) is 0 Å². The molecular weight excluding hydrogens is 226 g/mol. The van der Waals surface area contributed by atoms with E-state index < -0.39 is 0 Å². The highest BCUT2D eigenvalue weighted by atomic mass is 16.5. The van der Waals surface area contributed by atoms with Gasteiger partial charge in [0.15, 0.2) is 5.78 Å². The van der Waals surface area contributed by atoms with Gasteiger partial charge < -0.3 is 10.1 Å². The predicted molar refractivity (Wildman–Crippen MR) is 71.4 cm³/mol. The molecule has 3 heteroatoms. The Hall–Kier alpha value is -1.19. The molecule has 0 amide bonds. The molecule has 0 aromatic heterocycles. The van der Waals surface area contributed by atoms with Crippen LogP contribution in [-0.4, -0.2) is 24.5 Å². The molecule has 0 spiro atoms. The molecule has 1 aromatic carbocycles. The van der Waals surface area contributed by atoms with Gasteiger partial charge in [-0.1, -0.05) is 30.3 Å². The summed E-state index contributed by atoms with van der Waals surface area (Å²) in [6.07, 6.45) is 3.51. The first-order valence-electron chi connectivity index (χ1n) is 6.56. The van der Waals surface area contributed by atoms with Gasteiger partial charge in [-0.15, -0.1) is 0 Å². The number of ether oxygens (including phenoxy) is 1. The summed E-state index contributed by atoms with van der Waals surface area (Å²) in [7, 11) is 0. The largest absolute Gasteiger partial charge is 0.372 e. The van der Waals surface area contributed by atoms with Crippen LogP contribution in [0, 0.1) is 0 Å². The number of nitrogens with one attached hydrogen (secondary N) is 1. The molecule has 1 fully saturated rings. The summed E-state index contributed by atoms with van der Waals surface area (Å²) in [5.41, 5.74) is 1.38.